The second-order valence-electron chi connectivity index (χ2n) is 6.81. The van der Waals surface area contributed by atoms with Crippen molar-refractivity contribution in [3.63, 3.8) is 0 Å². The Morgan fingerprint density at radius 3 is 2.40 bits per heavy atom. The summed E-state index contributed by atoms with van der Waals surface area (Å²) >= 11 is 0. The van der Waals surface area contributed by atoms with Gasteiger partial charge in [0, 0.05) is 18.2 Å². The van der Waals surface area contributed by atoms with Gasteiger partial charge in [0.2, 0.25) is 0 Å². The first-order valence-electron chi connectivity index (χ1n) is 9.60. The number of halogens is 1. The summed E-state index contributed by atoms with van der Waals surface area (Å²) in [5, 5.41) is 17.4. The number of nitro groups is 1. The molecule has 3 aromatic rings. The number of anilines is 1. The van der Waals surface area contributed by atoms with Gasteiger partial charge in [0.1, 0.15) is 11.5 Å². The van der Waals surface area contributed by atoms with Crippen LogP contribution in [0.5, 0.6) is 0 Å². The number of hydrogen-bond acceptors (Lipinski definition) is 4. The first-order chi connectivity index (χ1) is 14.5. The van der Waals surface area contributed by atoms with Crippen molar-refractivity contribution in [2.24, 2.45) is 0 Å². The van der Waals surface area contributed by atoms with E-state index in [9.17, 15) is 19.3 Å². The minimum Gasteiger partial charge on any atom is -0.375 e. The summed E-state index contributed by atoms with van der Waals surface area (Å²) in [6, 6.07) is 19.6. The van der Waals surface area contributed by atoms with E-state index in [2.05, 4.69) is 10.6 Å². The Hall–Kier alpha value is -3.74. The van der Waals surface area contributed by atoms with Gasteiger partial charge in [-0.25, -0.2) is 4.39 Å². The van der Waals surface area contributed by atoms with Gasteiger partial charge in [-0.2, -0.15) is 0 Å². The van der Waals surface area contributed by atoms with Crippen LogP contribution in [-0.4, -0.2) is 10.8 Å². The fourth-order valence-corrected chi connectivity index (χ4v) is 3.12. The SMILES string of the molecule is CC[C@@H](NC(=O)c1ccc(NCc2ccc(F)cc2)c([N+](=O)[O-])c1)c1ccccc1. The lowest BCUT2D eigenvalue weighted by molar-refractivity contribution is -0.384. The molecule has 3 rings (SSSR count). The summed E-state index contributed by atoms with van der Waals surface area (Å²) in [6.45, 7) is 2.25. The van der Waals surface area contributed by atoms with Crippen molar-refractivity contribution in [2.75, 3.05) is 5.32 Å². The van der Waals surface area contributed by atoms with E-state index < -0.39 is 4.92 Å². The zero-order valence-electron chi connectivity index (χ0n) is 16.5. The van der Waals surface area contributed by atoms with Gasteiger partial charge in [0.05, 0.1) is 11.0 Å². The molecule has 0 radical (unpaired) electrons. The summed E-state index contributed by atoms with van der Waals surface area (Å²) in [5.41, 5.74) is 2.05. The molecule has 0 aromatic heterocycles. The Kier molecular flexibility index (Phi) is 6.75. The van der Waals surface area contributed by atoms with E-state index in [0.717, 1.165) is 11.1 Å². The van der Waals surface area contributed by atoms with E-state index >= 15 is 0 Å². The van der Waals surface area contributed by atoms with Gasteiger partial charge in [-0.05, 0) is 41.8 Å². The molecule has 0 aliphatic heterocycles. The monoisotopic (exact) mass is 407 g/mol. The fourth-order valence-electron chi connectivity index (χ4n) is 3.12. The van der Waals surface area contributed by atoms with Gasteiger partial charge in [0.15, 0.2) is 0 Å². The van der Waals surface area contributed by atoms with Crippen molar-refractivity contribution < 1.29 is 14.1 Å². The highest BCUT2D eigenvalue weighted by molar-refractivity contribution is 5.96. The van der Waals surface area contributed by atoms with E-state index in [1.807, 2.05) is 37.3 Å². The van der Waals surface area contributed by atoms with Gasteiger partial charge in [-0.15, -0.1) is 0 Å². The highest BCUT2D eigenvalue weighted by Crippen LogP contribution is 2.27. The van der Waals surface area contributed by atoms with Crippen molar-refractivity contribution in [1.29, 1.82) is 0 Å². The number of nitrogens with zero attached hydrogens (tertiary/aromatic N) is 1. The fraction of sp³-hybridized carbons (Fsp3) is 0.174. The minimum absolute atomic E-state index is 0.186. The lowest BCUT2D eigenvalue weighted by Gasteiger charge is -2.17. The van der Waals surface area contributed by atoms with E-state index in [-0.39, 0.29) is 34.7 Å². The normalized spacial score (nSPS) is 11.5. The predicted octanol–water partition coefficient (Wildman–Crippen LogP) is 5.23. The Morgan fingerprint density at radius 1 is 1.07 bits per heavy atom. The van der Waals surface area contributed by atoms with Crippen molar-refractivity contribution in [2.45, 2.75) is 25.9 Å². The lowest BCUT2D eigenvalue weighted by Crippen LogP contribution is -2.28. The third kappa shape index (κ3) is 5.20. The molecule has 0 bridgehead atoms. The molecule has 0 heterocycles. The third-order valence-electron chi connectivity index (χ3n) is 4.77. The molecule has 0 aliphatic carbocycles. The van der Waals surface area contributed by atoms with Crippen molar-refractivity contribution in [1.82, 2.24) is 5.32 Å². The predicted molar refractivity (Wildman–Crippen MR) is 114 cm³/mol. The zero-order valence-corrected chi connectivity index (χ0v) is 16.5. The molecule has 7 heteroatoms. The Labute approximate surface area is 173 Å². The van der Waals surface area contributed by atoms with Crippen LogP contribution in [0, 0.1) is 15.9 Å². The van der Waals surface area contributed by atoms with Crippen LogP contribution in [0.1, 0.15) is 40.9 Å². The number of carbonyl (C=O) groups is 1. The largest absolute Gasteiger partial charge is 0.375 e. The van der Waals surface area contributed by atoms with Crippen LogP contribution in [-0.2, 0) is 6.54 Å². The summed E-state index contributed by atoms with van der Waals surface area (Å²) in [7, 11) is 0. The minimum atomic E-state index is -0.529. The van der Waals surface area contributed by atoms with E-state index in [1.165, 1.54) is 24.3 Å². The van der Waals surface area contributed by atoms with Crippen LogP contribution >= 0.6 is 0 Å². The standard InChI is InChI=1S/C23H22FN3O3/c1-2-20(17-6-4-3-5-7-17)26-23(28)18-10-13-21(22(14-18)27(29)30)25-15-16-8-11-19(24)12-9-16/h3-14,20,25H,2,15H2,1H3,(H,26,28)/t20-/m1/s1. The molecule has 30 heavy (non-hydrogen) atoms. The molecule has 2 N–H and O–H groups in total. The van der Waals surface area contributed by atoms with Gasteiger partial charge >= 0.3 is 0 Å². The highest BCUT2D eigenvalue weighted by Gasteiger charge is 2.19. The van der Waals surface area contributed by atoms with Crippen LogP contribution in [0.4, 0.5) is 15.8 Å². The summed E-state index contributed by atoms with van der Waals surface area (Å²) in [4.78, 5) is 23.7. The number of rotatable bonds is 8. The van der Waals surface area contributed by atoms with Crippen molar-refractivity contribution >= 4 is 17.3 Å². The van der Waals surface area contributed by atoms with Crippen molar-refractivity contribution in [3.8, 4) is 0 Å². The first kappa shape index (κ1) is 21.0. The summed E-state index contributed by atoms with van der Waals surface area (Å²) in [5.74, 6) is -0.722. The van der Waals surface area contributed by atoms with Crippen LogP contribution in [0.2, 0.25) is 0 Å². The molecule has 0 saturated heterocycles. The quantitative estimate of drug-likeness (QED) is 0.396. The van der Waals surface area contributed by atoms with Gasteiger partial charge in [-0.1, -0.05) is 49.4 Å². The molecule has 6 nitrogen and oxygen atoms in total. The molecule has 0 spiro atoms. The molecule has 0 fully saturated rings. The topological polar surface area (TPSA) is 84.3 Å². The summed E-state index contributed by atoms with van der Waals surface area (Å²) in [6.07, 6.45) is 0.690. The van der Waals surface area contributed by atoms with E-state index in [0.29, 0.717) is 13.0 Å². The van der Waals surface area contributed by atoms with Gasteiger partial charge < -0.3 is 10.6 Å². The molecule has 0 aliphatic rings. The second-order valence-corrected chi connectivity index (χ2v) is 6.81. The average molecular weight is 407 g/mol. The molecular formula is C23H22FN3O3. The Bertz CT molecular complexity index is 1020. The molecule has 0 unspecified atom stereocenters. The molecule has 154 valence electrons. The number of nitro benzene ring substituents is 1. The average Bonchev–Trinajstić information content (AvgIpc) is 2.77. The lowest BCUT2D eigenvalue weighted by atomic mass is 10.0. The maximum absolute atomic E-state index is 13.0. The zero-order chi connectivity index (χ0) is 21.5. The van der Waals surface area contributed by atoms with Gasteiger partial charge in [-0.3, -0.25) is 14.9 Å². The number of hydrogen-bond donors (Lipinski definition) is 2. The number of nitrogens with one attached hydrogen (secondary N) is 2. The molecule has 1 atom stereocenters. The smallest absolute Gasteiger partial charge is 0.293 e. The van der Waals surface area contributed by atoms with Gasteiger partial charge in [0.25, 0.3) is 11.6 Å². The van der Waals surface area contributed by atoms with Crippen LogP contribution in [0.25, 0.3) is 0 Å². The molecular weight excluding hydrogens is 385 g/mol. The maximum Gasteiger partial charge on any atom is 0.293 e. The number of amides is 1. The molecule has 3 aromatic carbocycles. The van der Waals surface area contributed by atoms with Crippen LogP contribution < -0.4 is 10.6 Å². The van der Waals surface area contributed by atoms with E-state index in [1.54, 1.807) is 18.2 Å². The summed E-state index contributed by atoms with van der Waals surface area (Å²) < 4.78 is 13.0. The van der Waals surface area contributed by atoms with Crippen molar-refractivity contribution in [3.05, 3.63) is 105 Å². The third-order valence-corrected chi connectivity index (χ3v) is 4.77. The first-order valence-corrected chi connectivity index (χ1v) is 9.60. The second kappa shape index (κ2) is 9.65. The Morgan fingerprint density at radius 2 is 1.77 bits per heavy atom. The molecule has 0 saturated carbocycles. The van der Waals surface area contributed by atoms with E-state index in [4.69, 9.17) is 0 Å². The Balaban J connectivity index is 1.75. The van der Waals surface area contributed by atoms with Crippen LogP contribution in [0.3, 0.4) is 0 Å². The number of benzene rings is 3. The highest BCUT2D eigenvalue weighted by atomic mass is 19.1. The maximum atomic E-state index is 13.0. The van der Waals surface area contributed by atoms with Crippen LogP contribution in [0.15, 0.2) is 72.8 Å². The number of carbonyl (C=O) groups excluding carboxylic acids is 1. The molecule has 1 amide bonds.